The van der Waals surface area contributed by atoms with Crippen LogP contribution in [0.15, 0.2) is 42.9 Å². The Labute approximate surface area is 162 Å². The van der Waals surface area contributed by atoms with Gasteiger partial charge in [-0.25, -0.2) is 4.98 Å². The van der Waals surface area contributed by atoms with E-state index in [1.54, 1.807) is 31.8 Å². The molecule has 4 rings (SSSR count). The SMILES string of the molecule is COc1cc2c(cc1OC)CN(C(=O)Cc1cnc(-n3cccc3)s1)CC2. The molecular weight excluding hydrogens is 362 g/mol. The maximum Gasteiger partial charge on any atom is 0.228 e. The molecule has 0 spiro atoms. The van der Waals surface area contributed by atoms with Crippen LogP contribution in [-0.4, -0.2) is 41.1 Å². The monoisotopic (exact) mass is 383 g/mol. The number of methoxy groups -OCH3 is 2. The van der Waals surface area contributed by atoms with Gasteiger partial charge in [-0.1, -0.05) is 0 Å². The van der Waals surface area contributed by atoms with E-state index in [-0.39, 0.29) is 5.91 Å². The smallest absolute Gasteiger partial charge is 0.228 e. The minimum Gasteiger partial charge on any atom is -0.493 e. The second kappa shape index (κ2) is 7.44. The quantitative estimate of drug-likeness (QED) is 0.679. The number of benzene rings is 1. The number of aromatic nitrogens is 2. The molecule has 7 heteroatoms. The summed E-state index contributed by atoms with van der Waals surface area (Å²) in [6.45, 7) is 1.31. The summed E-state index contributed by atoms with van der Waals surface area (Å²) in [4.78, 5) is 20.1. The number of fused-ring (bicyclic) bond motifs is 1. The highest BCUT2D eigenvalue weighted by molar-refractivity contribution is 7.14. The van der Waals surface area contributed by atoms with E-state index in [4.69, 9.17) is 9.47 Å². The molecule has 0 saturated heterocycles. The summed E-state index contributed by atoms with van der Waals surface area (Å²) < 4.78 is 12.7. The van der Waals surface area contributed by atoms with Crippen molar-refractivity contribution in [1.29, 1.82) is 0 Å². The number of amides is 1. The van der Waals surface area contributed by atoms with Crippen molar-refractivity contribution in [2.45, 2.75) is 19.4 Å². The Morgan fingerprint density at radius 3 is 2.56 bits per heavy atom. The molecule has 0 radical (unpaired) electrons. The molecule has 0 bridgehead atoms. The molecule has 2 aromatic heterocycles. The number of carbonyl (C=O) groups is 1. The lowest BCUT2D eigenvalue weighted by atomic mass is 9.98. The summed E-state index contributed by atoms with van der Waals surface area (Å²) in [7, 11) is 3.27. The Bertz CT molecular complexity index is 950. The van der Waals surface area contributed by atoms with Gasteiger partial charge in [0.15, 0.2) is 16.6 Å². The number of carbonyl (C=O) groups excluding carboxylic acids is 1. The number of thiazole rings is 1. The molecule has 1 aromatic carbocycles. The average molecular weight is 383 g/mol. The van der Waals surface area contributed by atoms with Crippen LogP contribution >= 0.6 is 11.3 Å². The maximum atomic E-state index is 12.8. The predicted molar refractivity (Wildman–Crippen MR) is 104 cm³/mol. The van der Waals surface area contributed by atoms with Crippen LogP contribution in [0.2, 0.25) is 0 Å². The lowest BCUT2D eigenvalue weighted by Gasteiger charge is -2.29. The number of ether oxygens (including phenoxy) is 2. The van der Waals surface area contributed by atoms with Crippen LogP contribution in [0.1, 0.15) is 16.0 Å². The first-order valence-electron chi connectivity index (χ1n) is 8.77. The second-order valence-corrected chi connectivity index (χ2v) is 7.51. The van der Waals surface area contributed by atoms with E-state index < -0.39 is 0 Å². The summed E-state index contributed by atoms with van der Waals surface area (Å²) >= 11 is 1.55. The molecule has 1 amide bonds. The third-order valence-corrected chi connectivity index (χ3v) is 5.77. The number of hydrogen-bond donors (Lipinski definition) is 0. The van der Waals surface area contributed by atoms with Gasteiger partial charge < -0.3 is 18.9 Å². The Balaban J connectivity index is 1.46. The molecule has 1 aliphatic heterocycles. The lowest BCUT2D eigenvalue weighted by Crippen LogP contribution is -2.36. The van der Waals surface area contributed by atoms with E-state index in [0.29, 0.717) is 25.3 Å². The van der Waals surface area contributed by atoms with Crippen LogP contribution in [0.25, 0.3) is 5.13 Å². The molecule has 0 unspecified atom stereocenters. The molecule has 0 N–H and O–H groups in total. The van der Waals surface area contributed by atoms with Gasteiger partial charge in [0.2, 0.25) is 5.91 Å². The molecule has 27 heavy (non-hydrogen) atoms. The molecule has 1 aliphatic rings. The van der Waals surface area contributed by atoms with Crippen molar-refractivity contribution in [3.05, 3.63) is 58.9 Å². The molecule has 3 heterocycles. The van der Waals surface area contributed by atoms with E-state index in [0.717, 1.165) is 27.7 Å². The van der Waals surface area contributed by atoms with Gasteiger partial charge in [-0.05, 0) is 41.8 Å². The Kier molecular flexibility index (Phi) is 4.85. The summed E-state index contributed by atoms with van der Waals surface area (Å²) in [6.07, 6.45) is 6.89. The fraction of sp³-hybridized carbons (Fsp3) is 0.300. The first kappa shape index (κ1) is 17.6. The Hall–Kier alpha value is -2.80. The third kappa shape index (κ3) is 3.55. The fourth-order valence-corrected chi connectivity index (χ4v) is 4.19. The topological polar surface area (TPSA) is 56.6 Å². The van der Waals surface area contributed by atoms with E-state index >= 15 is 0 Å². The van der Waals surface area contributed by atoms with Crippen molar-refractivity contribution in [1.82, 2.24) is 14.5 Å². The van der Waals surface area contributed by atoms with Gasteiger partial charge in [0.05, 0.1) is 20.6 Å². The van der Waals surface area contributed by atoms with Crippen LogP contribution in [-0.2, 0) is 24.2 Å². The maximum absolute atomic E-state index is 12.8. The second-order valence-electron chi connectivity index (χ2n) is 6.42. The normalized spacial score (nSPS) is 13.3. The van der Waals surface area contributed by atoms with Crippen molar-refractivity contribution in [2.75, 3.05) is 20.8 Å². The zero-order valence-corrected chi connectivity index (χ0v) is 16.2. The highest BCUT2D eigenvalue weighted by Gasteiger charge is 2.23. The van der Waals surface area contributed by atoms with Crippen LogP contribution in [0.5, 0.6) is 11.5 Å². The standard InChI is InChI=1S/C20H21N3O3S/c1-25-17-9-14-5-8-23(13-15(14)10-18(17)26-2)19(24)11-16-12-21-20(27-16)22-6-3-4-7-22/h3-4,6-7,9-10,12H,5,8,11,13H2,1-2H3. The number of hydrogen-bond acceptors (Lipinski definition) is 5. The minimum absolute atomic E-state index is 0.123. The Morgan fingerprint density at radius 1 is 1.15 bits per heavy atom. The van der Waals surface area contributed by atoms with Crippen molar-refractivity contribution < 1.29 is 14.3 Å². The van der Waals surface area contributed by atoms with E-state index in [1.165, 1.54) is 5.56 Å². The van der Waals surface area contributed by atoms with E-state index in [1.807, 2.05) is 46.1 Å². The number of nitrogens with zero attached hydrogens (tertiary/aromatic N) is 3. The highest BCUT2D eigenvalue weighted by atomic mass is 32.1. The van der Waals surface area contributed by atoms with E-state index in [2.05, 4.69) is 4.98 Å². The van der Waals surface area contributed by atoms with Gasteiger partial charge in [-0.3, -0.25) is 4.79 Å². The van der Waals surface area contributed by atoms with Crippen LogP contribution in [0.3, 0.4) is 0 Å². The molecule has 0 atom stereocenters. The minimum atomic E-state index is 0.123. The molecule has 140 valence electrons. The lowest BCUT2D eigenvalue weighted by molar-refractivity contribution is -0.131. The number of rotatable bonds is 5. The summed E-state index contributed by atoms with van der Waals surface area (Å²) in [6, 6.07) is 7.91. The molecule has 0 aliphatic carbocycles. The zero-order valence-electron chi connectivity index (χ0n) is 15.3. The van der Waals surface area contributed by atoms with Gasteiger partial charge in [0, 0.05) is 36.6 Å². The van der Waals surface area contributed by atoms with Crippen LogP contribution < -0.4 is 9.47 Å². The largest absolute Gasteiger partial charge is 0.493 e. The molecule has 0 fully saturated rings. The van der Waals surface area contributed by atoms with Gasteiger partial charge in [-0.2, -0.15) is 0 Å². The Morgan fingerprint density at radius 2 is 1.85 bits per heavy atom. The molecule has 3 aromatic rings. The molecule has 6 nitrogen and oxygen atoms in total. The summed E-state index contributed by atoms with van der Waals surface area (Å²) in [5.74, 6) is 1.56. The van der Waals surface area contributed by atoms with Gasteiger partial charge in [-0.15, -0.1) is 11.3 Å². The van der Waals surface area contributed by atoms with E-state index in [9.17, 15) is 4.79 Å². The van der Waals surface area contributed by atoms with Crippen molar-refractivity contribution in [2.24, 2.45) is 0 Å². The van der Waals surface area contributed by atoms with Gasteiger partial charge >= 0.3 is 0 Å². The average Bonchev–Trinajstić information content (AvgIpc) is 3.38. The predicted octanol–water partition coefficient (Wildman–Crippen LogP) is 3.08. The van der Waals surface area contributed by atoms with Crippen molar-refractivity contribution in [3.63, 3.8) is 0 Å². The van der Waals surface area contributed by atoms with Gasteiger partial charge in [0.25, 0.3) is 0 Å². The van der Waals surface area contributed by atoms with Crippen molar-refractivity contribution >= 4 is 17.2 Å². The van der Waals surface area contributed by atoms with Crippen LogP contribution in [0.4, 0.5) is 0 Å². The molecular formula is C20H21N3O3S. The summed E-state index contributed by atoms with van der Waals surface area (Å²) in [5, 5.41) is 0.878. The fourth-order valence-electron chi connectivity index (χ4n) is 3.32. The van der Waals surface area contributed by atoms with Crippen molar-refractivity contribution in [3.8, 4) is 16.6 Å². The third-order valence-electron chi connectivity index (χ3n) is 4.76. The van der Waals surface area contributed by atoms with Gasteiger partial charge in [0.1, 0.15) is 0 Å². The molecule has 0 saturated carbocycles. The zero-order chi connectivity index (χ0) is 18.8. The first-order chi connectivity index (χ1) is 13.2. The highest BCUT2D eigenvalue weighted by Crippen LogP contribution is 2.33. The van der Waals surface area contributed by atoms with Crippen LogP contribution in [0, 0.1) is 0 Å². The summed E-state index contributed by atoms with van der Waals surface area (Å²) in [5.41, 5.74) is 2.33. The first-order valence-corrected chi connectivity index (χ1v) is 9.59.